The number of unbranched alkanes of at least 4 members (excludes halogenated alkanes) is 1. The zero-order valence-corrected chi connectivity index (χ0v) is 42.0. The maximum absolute atomic E-state index is 13.6. The number of anilines is 3. The third kappa shape index (κ3) is 12.4. The summed E-state index contributed by atoms with van der Waals surface area (Å²) in [6, 6.07) is 10.9. The molecule has 0 aliphatic carbocycles. The summed E-state index contributed by atoms with van der Waals surface area (Å²) in [6.45, 7) is -1.97. The van der Waals surface area contributed by atoms with Gasteiger partial charge in [0.2, 0.25) is 0 Å². The van der Waals surface area contributed by atoms with E-state index in [1.165, 1.54) is 34.4 Å². The molecule has 3 unspecified atom stereocenters. The Morgan fingerprint density at radius 2 is 1.40 bits per heavy atom. The highest BCUT2D eigenvalue weighted by atomic mass is 35.5. The number of aromatic nitrogens is 9. The summed E-state index contributed by atoms with van der Waals surface area (Å²) in [7, 11) is -13.5. The molecule has 28 nitrogen and oxygen atoms in total. The van der Waals surface area contributed by atoms with E-state index in [4.69, 9.17) is 64.9 Å². The van der Waals surface area contributed by atoms with Crippen molar-refractivity contribution in [3.05, 3.63) is 66.7 Å². The van der Waals surface area contributed by atoms with Crippen molar-refractivity contribution < 1.29 is 75.2 Å². The van der Waals surface area contributed by atoms with Gasteiger partial charge >= 0.3 is 23.5 Å². The SMILES string of the molecule is COc1ccc2nc3cc(Cl)ccc3c(NCCCCC(COP(=O)(O)OC[C@H]3O[C@@H](n4cnc5c(N)ncnc54)C[C@@H]3OP(=O)(O)O)COP(=O)(O)O[C@H]3C[C@H](n4cnc5c(N)ncnc54)O[C@@H]3CO)c2c1. The maximum atomic E-state index is 13.6. The topological polar surface area (TPSA) is 390 Å². The number of pyridine rings is 1. The number of nitrogens with one attached hydrogen (secondary N) is 1. The molecule has 392 valence electrons. The number of halogens is 1. The van der Waals surface area contributed by atoms with Gasteiger partial charge in [0.15, 0.2) is 22.9 Å². The summed E-state index contributed by atoms with van der Waals surface area (Å²) in [5.74, 6) is -0.00758. The normalized spacial score (nSPS) is 22.6. The number of fused-ring (bicyclic) bond motifs is 4. The molecule has 0 spiro atoms. The van der Waals surface area contributed by atoms with E-state index in [9.17, 15) is 38.4 Å². The van der Waals surface area contributed by atoms with Crippen LogP contribution < -0.4 is 21.5 Å². The standard InChI is InChI=1S/C41H50ClN12O16P3/c1-63-24-6-8-27-26(11-24)35(25-7-5-23(42)10-28(25)52-27)45-9-3-2-4-22(16-65-73(61,62)70-29-12-33(67-31(29)14-55)53-20-50-36-38(43)46-18-48-40(36)53)15-64-72(59,60)66-17-32-30(69-71(56,57)58)13-34(68-32)54-21-51-37-39(44)47-19-49-41(37)54/h5-8,10-11,18-22,29-34,55H,2-4,9,12-17H2,1H3,(H,45,52)(H,59,60)(H,61,62)(H2,43,46,48)(H2,44,47,49)(H2,56,57,58)/t22?,29-,30-,31+,32+,33+,34+/m0/s1. The van der Waals surface area contributed by atoms with Gasteiger partial charge in [-0.25, -0.2) is 48.6 Å². The average Bonchev–Trinajstić information content (AvgIpc) is 4.16. The summed E-state index contributed by atoms with van der Waals surface area (Å²) in [5, 5.41) is 15.8. The van der Waals surface area contributed by atoms with Gasteiger partial charge in [0.1, 0.15) is 66.3 Å². The lowest BCUT2D eigenvalue weighted by atomic mass is 10.0. The number of benzene rings is 2. The Morgan fingerprint density at radius 1 is 0.767 bits per heavy atom. The Balaban J connectivity index is 0.866. The lowest BCUT2D eigenvalue weighted by molar-refractivity contribution is -0.0453. The Labute approximate surface area is 418 Å². The second-order valence-corrected chi connectivity index (χ2v) is 21.5. The minimum Gasteiger partial charge on any atom is -0.497 e. The molecule has 2 aliphatic rings. The van der Waals surface area contributed by atoms with Gasteiger partial charge in [-0.3, -0.25) is 31.8 Å². The van der Waals surface area contributed by atoms with Crippen molar-refractivity contribution in [2.24, 2.45) is 5.92 Å². The first-order valence-corrected chi connectivity index (χ1v) is 27.4. The van der Waals surface area contributed by atoms with Crippen molar-refractivity contribution in [2.75, 3.05) is 56.9 Å². The van der Waals surface area contributed by atoms with Crippen molar-refractivity contribution in [1.82, 2.24) is 44.0 Å². The summed E-state index contributed by atoms with van der Waals surface area (Å²) >= 11 is 6.32. The molecular weight excluding hydrogens is 1040 g/mol. The van der Waals surface area contributed by atoms with E-state index in [1.807, 2.05) is 18.2 Å². The molecule has 2 aliphatic heterocycles. The molecule has 32 heteroatoms. The van der Waals surface area contributed by atoms with Crippen LogP contribution in [0.15, 0.2) is 61.7 Å². The Kier molecular flexibility index (Phi) is 15.9. The first-order valence-electron chi connectivity index (χ1n) is 22.5. The molecule has 7 aromatic rings. The minimum atomic E-state index is -5.11. The maximum Gasteiger partial charge on any atom is 0.472 e. The highest BCUT2D eigenvalue weighted by Gasteiger charge is 2.44. The second-order valence-electron chi connectivity index (χ2n) is 17.0. The molecule has 0 saturated carbocycles. The molecule has 2 aromatic carbocycles. The lowest BCUT2D eigenvalue weighted by Gasteiger charge is -2.24. The third-order valence-electron chi connectivity index (χ3n) is 12.1. The average molecular weight is 1100 g/mol. The van der Waals surface area contributed by atoms with E-state index < -0.39 is 92.7 Å². The monoisotopic (exact) mass is 1090 g/mol. The first kappa shape index (κ1) is 52.8. The van der Waals surface area contributed by atoms with Gasteiger partial charge in [-0.15, -0.1) is 0 Å². The van der Waals surface area contributed by atoms with Crippen LogP contribution in [0.2, 0.25) is 5.02 Å². The fourth-order valence-corrected chi connectivity index (χ4v) is 11.2. The zero-order valence-electron chi connectivity index (χ0n) is 38.5. The van der Waals surface area contributed by atoms with Crippen LogP contribution in [0.1, 0.15) is 44.6 Å². The number of phosphoric ester groups is 3. The molecule has 0 amide bonds. The van der Waals surface area contributed by atoms with Gasteiger partial charge in [0.05, 0.1) is 62.9 Å². The van der Waals surface area contributed by atoms with Gasteiger partial charge in [-0.05, 0) is 49.2 Å². The molecule has 0 radical (unpaired) electrons. The van der Waals surface area contributed by atoms with Crippen molar-refractivity contribution in [3.63, 3.8) is 0 Å². The number of aliphatic hydroxyl groups excluding tert-OH is 1. The molecule has 10 N–H and O–H groups in total. The number of aliphatic hydroxyl groups is 1. The first-order chi connectivity index (χ1) is 34.9. The Bertz CT molecular complexity index is 3260. The molecule has 5 aromatic heterocycles. The summed E-state index contributed by atoms with van der Waals surface area (Å²) in [4.78, 5) is 70.7. The van der Waals surface area contributed by atoms with Crippen LogP contribution in [-0.4, -0.2) is 133 Å². The van der Waals surface area contributed by atoms with Crippen LogP contribution in [0.25, 0.3) is 44.1 Å². The van der Waals surface area contributed by atoms with E-state index in [2.05, 4.69) is 35.2 Å². The molecule has 73 heavy (non-hydrogen) atoms. The number of hydrogen-bond acceptors (Lipinski definition) is 22. The predicted octanol–water partition coefficient (Wildman–Crippen LogP) is 4.77. The van der Waals surface area contributed by atoms with Gasteiger partial charge < -0.3 is 55.7 Å². The number of rotatable bonds is 23. The quantitative estimate of drug-likeness (QED) is 0.0243. The smallest absolute Gasteiger partial charge is 0.472 e. The van der Waals surface area contributed by atoms with Crippen LogP contribution >= 0.6 is 35.1 Å². The third-order valence-corrected chi connectivity index (χ3v) is 14.9. The van der Waals surface area contributed by atoms with E-state index >= 15 is 0 Å². The Morgan fingerprint density at radius 3 is 2.03 bits per heavy atom. The summed E-state index contributed by atoms with van der Waals surface area (Å²) in [5.41, 5.74) is 15.1. The number of hydrogen-bond donors (Lipinski definition) is 8. The number of nitrogens with two attached hydrogens (primary N) is 2. The number of nitrogens with zero attached hydrogens (tertiary/aromatic N) is 9. The fraction of sp³-hybridized carbons (Fsp3) is 0.439. The molecule has 2 fully saturated rings. The number of methoxy groups -OCH3 is 1. The number of ether oxygens (including phenoxy) is 3. The van der Waals surface area contributed by atoms with Crippen molar-refractivity contribution in [2.45, 2.75) is 69.0 Å². The summed E-state index contributed by atoms with van der Waals surface area (Å²) in [6.07, 6.45) is -0.566. The largest absolute Gasteiger partial charge is 0.497 e. The second kappa shape index (κ2) is 22.0. The van der Waals surface area contributed by atoms with E-state index in [0.29, 0.717) is 52.4 Å². The summed E-state index contributed by atoms with van der Waals surface area (Å²) < 4.78 is 86.2. The Hall–Kier alpha value is -5.09. The number of imidazole rings is 2. The number of nitrogen functional groups attached to an aromatic ring is 2. The van der Waals surface area contributed by atoms with Crippen LogP contribution in [0.4, 0.5) is 17.3 Å². The van der Waals surface area contributed by atoms with Crippen LogP contribution in [-0.2, 0) is 45.8 Å². The van der Waals surface area contributed by atoms with Gasteiger partial charge in [-0.2, -0.15) is 0 Å². The van der Waals surface area contributed by atoms with E-state index in [-0.39, 0.29) is 42.1 Å². The molecule has 2 saturated heterocycles. The number of phosphoric acid groups is 3. The van der Waals surface area contributed by atoms with Gasteiger partial charge in [0, 0.05) is 41.1 Å². The highest BCUT2D eigenvalue weighted by molar-refractivity contribution is 7.47. The molecule has 9 rings (SSSR count). The fourth-order valence-electron chi connectivity index (χ4n) is 8.62. The van der Waals surface area contributed by atoms with Crippen molar-refractivity contribution in [1.29, 1.82) is 0 Å². The van der Waals surface area contributed by atoms with Gasteiger partial charge in [-0.1, -0.05) is 18.0 Å². The molecule has 0 bridgehead atoms. The van der Waals surface area contributed by atoms with E-state index in [1.54, 1.807) is 25.3 Å². The van der Waals surface area contributed by atoms with Crippen LogP contribution in [0.5, 0.6) is 5.75 Å². The van der Waals surface area contributed by atoms with Gasteiger partial charge in [0.25, 0.3) is 0 Å². The van der Waals surface area contributed by atoms with Crippen molar-refractivity contribution >= 4 is 96.5 Å². The van der Waals surface area contributed by atoms with E-state index in [0.717, 1.165) is 16.5 Å². The highest BCUT2D eigenvalue weighted by Crippen LogP contribution is 2.51. The molecular formula is C41H50ClN12O16P3. The lowest BCUT2D eigenvalue weighted by Crippen LogP contribution is -2.28. The predicted molar refractivity (Wildman–Crippen MR) is 260 cm³/mol. The van der Waals surface area contributed by atoms with Crippen LogP contribution in [0, 0.1) is 5.92 Å². The minimum absolute atomic E-state index is 0.0334. The molecule has 9 atom stereocenters. The zero-order chi connectivity index (χ0) is 51.7. The van der Waals surface area contributed by atoms with Crippen LogP contribution in [0.3, 0.4) is 0 Å². The molecule has 7 heterocycles. The van der Waals surface area contributed by atoms with Crippen molar-refractivity contribution in [3.8, 4) is 5.75 Å².